The second-order valence-corrected chi connectivity index (χ2v) is 2.62. The van der Waals surface area contributed by atoms with Crippen LogP contribution in [-0.4, -0.2) is 23.5 Å². The van der Waals surface area contributed by atoms with Crippen LogP contribution in [0.3, 0.4) is 0 Å². The summed E-state index contributed by atoms with van der Waals surface area (Å²) in [6.45, 7) is 0. The molecule has 2 rings (SSSR count). The van der Waals surface area contributed by atoms with Crippen LogP contribution < -0.4 is 10.6 Å². The molecule has 0 bridgehead atoms. The maximum Gasteiger partial charge on any atom is 0.249 e. The van der Waals surface area contributed by atoms with Crippen LogP contribution in [0, 0.1) is 0 Å². The van der Waals surface area contributed by atoms with Crippen molar-refractivity contribution in [2.75, 3.05) is 0 Å². The van der Waals surface area contributed by atoms with Gasteiger partial charge in [-0.05, 0) is 12.2 Å². The number of carbonyl (C=O) groups is 2. The van der Waals surface area contributed by atoms with Crippen LogP contribution >= 0.6 is 0 Å². The van der Waals surface area contributed by atoms with Gasteiger partial charge in [0.15, 0.2) is 11.7 Å². The van der Waals surface area contributed by atoms with Crippen molar-refractivity contribution >= 4 is 23.5 Å². The van der Waals surface area contributed by atoms with E-state index in [0.717, 1.165) is 0 Å². The van der Waals surface area contributed by atoms with Crippen LogP contribution in [-0.2, 0) is 9.59 Å². The molecule has 2 N–H and O–H groups in total. The van der Waals surface area contributed by atoms with E-state index in [4.69, 9.17) is 0 Å². The third-order valence-electron chi connectivity index (χ3n) is 1.55. The highest BCUT2D eigenvalue weighted by atomic mass is 16.2. The first-order valence-electron chi connectivity index (χ1n) is 3.88. The molecule has 0 fully saturated rings. The molecule has 70 valence electrons. The number of nitrogens with one attached hydrogen (secondary N) is 2. The molecule has 2 amide bonds. The van der Waals surface area contributed by atoms with E-state index in [1.165, 1.54) is 24.3 Å². The van der Waals surface area contributed by atoms with Gasteiger partial charge in [-0.15, -0.1) is 10.2 Å². The summed E-state index contributed by atoms with van der Waals surface area (Å²) in [5, 5.41) is 12.3. The molecular weight excluding hydrogens is 184 g/mol. The fourth-order valence-electron chi connectivity index (χ4n) is 0.953. The molecule has 2 aliphatic heterocycles. The Balaban J connectivity index is 2.06. The lowest BCUT2D eigenvalue weighted by molar-refractivity contribution is -0.115. The van der Waals surface area contributed by atoms with E-state index in [2.05, 4.69) is 20.8 Å². The number of amides is 2. The van der Waals surface area contributed by atoms with Gasteiger partial charge in [-0.1, -0.05) is 0 Å². The average molecular weight is 190 g/mol. The Bertz CT molecular complexity index is 377. The quantitative estimate of drug-likeness (QED) is 0.523. The summed E-state index contributed by atoms with van der Waals surface area (Å²) in [5.74, 6) is 0.263. The Hall–Kier alpha value is -2.24. The molecule has 0 spiro atoms. The van der Waals surface area contributed by atoms with E-state index in [1.54, 1.807) is 0 Å². The molecule has 0 saturated heterocycles. The zero-order valence-corrected chi connectivity index (χ0v) is 7.02. The number of nitrogens with zero attached hydrogens (tertiary/aromatic N) is 2. The van der Waals surface area contributed by atoms with E-state index < -0.39 is 0 Å². The molecule has 0 radical (unpaired) electrons. The van der Waals surface area contributed by atoms with Crippen LogP contribution in [0.4, 0.5) is 0 Å². The van der Waals surface area contributed by atoms with Gasteiger partial charge in [0.1, 0.15) is 0 Å². The standard InChI is InChI=1S/C8H6N4O2/c13-7-3-1-5(9-7)11-12-6-2-4-8(14)10-6/h1-4H,(H,9,11,13)(H,10,12,14). The lowest BCUT2D eigenvalue weighted by Gasteiger charge is -1.93. The van der Waals surface area contributed by atoms with Gasteiger partial charge in [0, 0.05) is 12.2 Å². The Morgan fingerprint density at radius 2 is 1.21 bits per heavy atom. The van der Waals surface area contributed by atoms with Gasteiger partial charge < -0.3 is 10.6 Å². The van der Waals surface area contributed by atoms with Gasteiger partial charge in [-0.3, -0.25) is 9.59 Å². The zero-order valence-electron chi connectivity index (χ0n) is 7.02. The molecular formula is C8H6N4O2. The van der Waals surface area contributed by atoms with E-state index in [1.807, 2.05) is 0 Å². The highest BCUT2D eigenvalue weighted by molar-refractivity contribution is 6.17. The Labute approximate surface area is 79.1 Å². The summed E-state index contributed by atoms with van der Waals surface area (Å²) in [6.07, 6.45) is 5.71. The smallest absolute Gasteiger partial charge is 0.249 e. The lowest BCUT2D eigenvalue weighted by Crippen LogP contribution is -2.22. The fraction of sp³-hybridized carbons (Fsp3) is 0. The van der Waals surface area contributed by atoms with Gasteiger partial charge >= 0.3 is 0 Å². The van der Waals surface area contributed by atoms with E-state index >= 15 is 0 Å². The Morgan fingerprint density at radius 3 is 1.50 bits per heavy atom. The van der Waals surface area contributed by atoms with Crippen molar-refractivity contribution in [2.45, 2.75) is 0 Å². The van der Waals surface area contributed by atoms with Crippen molar-refractivity contribution in [1.82, 2.24) is 10.6 Å². The van der Waals surface area contributed by atoms with Crippen LogP contribution in [0.1, 0.15) is 0 Å². The predicted octanol–water partition coefficient (Wildman–Crippen LogP) is -0.930. The van der Waals surface area contributed by atoms with Crippen LogP contribution in [0.5, 0.6) is 0 Å². The molecule has 2 aliphatic rings. The fourth-order valence-corrected chi connectivity index (χ4v) is 0.953. The molecule has 2 heterocycles. The third kappa shape index (κ3) is 1.74. The number of hydrogen-bond donors (Lipinski definition) is 2. The lowest BCUT2D eigenvalue weighted by atomic mass is 10.5. The van der Waals surface area contributed by atoms with Gasteiger partial charge in [-0.25, -0.2) is 0 Å². The molecule has 0 aromatic carbocycles. The molecule has 14 heavy (non-hydrogen) atoms. The summed E-state index contributed by atoms with van der Waals surface area (Å²) in [7, 11) is 0. The van der Waals surface area contributed by atoms with Crippen molar-refractivity contribution in [3.63, 3.8) is 0 Å². The van der Waals surface area contributed by atoms with Gasteiger partial charge in [0.2, 0.25) is 11.8 Å². The number of carbonyl (C=O) groups excluding carboxylic acids is 2. The van der Waals surface area contributed by atoms with E-state index in [-0.39, 0.29) is 11.8 Å². The van der Waals surface area contributed by atoms with E-state index in [9.17, 15) is 9.59 Å². The Kier molecular flexibility index (Phi) is 1.94. The average Bonchev–Trinajstić information content (AvgIpc) is 2.72. The Morgan fingerprint density at radius 1 is 0.786 bits per heavy atom. The molecule has 0 saturated carbocycles. The van der Waals surface area contributed by atoms with Crippen molar-refractivity contribution in [2.24, 2.45) is 10.2 Å². The molecule has 0 unspecified atom stereocenters. The molecule has 6 nitrogen and oxygen atoms in total. The van der Waals surface area contributed by atoms with Crippen molar-refractivity contribution in [1.29, 1.82) is 0 Å². The topological polar surface area (TPSA) is 82.9 Å². The number of hydrogen-bond acceptors (Lipinski definition) is 4. The molecule has 0 aromatic rings. The van der Waals surface area contributed by atoms with Gasteiger partial charge in [0.25, 0.3) is 0 Å². The summed E-state index contributed by atoms with van der Waals surface area (Å²) >= 11 is 0. The number of amidine groups is 2. The van der Waals surface area contributed by atoms with Gasteiger partial charge in [0.05, 0.1) is 0 Å². The van der Waals surface area contributed by atoms with Crippen LogP contribution in [0.2, 0.25) is 0 Å². The van der Waals surface area contributed by atoms with Gasteiger partial charge in [-0.2, -0.15) is 0 Å². The summed E-state index contributed by atoms with van der Waals surface area (Å²) in [5.41, 5.74) is 0. The molecule has 0 atom stereocenters. The van der Waals surface area contributed by atoms with Crippen molar-refractivity contribution in [3.8, 4) is 0 Å². The predicted molar refractivity (Wildman–Crippen MR) is 49.4 cm³/mol. The molecule has 0 aromatic heterocycles. The van der Waals surface area contributed by atoms with Crippen LogP contribution in [0.25, 0.3) is 0 Å². The number of rotatable bonds is 1. The van der Waals surface area contributed by atoms with Crippen molar-refractivity contribution in [3.05, 3.63) is 24.3 Å². The minimum atomic E-state index is -0.227. The first-order chi connectivity index (χ1) is 6.74. The highest BCUT2D eigenvalue weighted by Gasteiger charge is 2.09. The maximum absolute atomic E-state index is 10.7. The third-order valence-corrected chi connectivity index (χ3v) is 1.55. The first kappa shape index (κ1) is 8.36. The second-order valence-electron chi connectivity index (χ2n) is 2.62. The van der Waals surface area contributed by atoms with Crippen molar-refractivity contribution < 1.29 is 9.59 Å². The molecule has 0 aliphatic carbocycles. The monoisotopic (exact) mass is 190 g/mol. The maximum atomic E-state index is 10.7. The highest BCUT2D eigenvalue weighted by Crippen LogP contribution is 1.93. The van der Waals surface area contributed by atoms with Crippen LogP contribution in [0.15, 0.2) is 34.5 Å². The second kappa shape index (κ2) is 3.25. The summed E-state index contributed by atoms with van der Waals surface area (Å²) in [6, 6.07) is 0. The SMILES string of the molecule is O=C1C=CC(=NN=C2C=CC(=O)N2)N1. The summed E-state index contributed by atoms with van der Waals surface area (Å²) in [4.78, 5) is 21.4. The largest absolute Gasteiger partial charge is 0.306 e. The normalized spacial score (nSPS) is 24.9. The summed E-state index contributed by atoms with van der Waals surface area (Å²) < 4.78 is 0. The minimum absolute atomic E-state index is 0.227. The van der Waals surface area contributed by atoms with E-state index in [0.29, 0.717) is 11.7 Å². The first-order valence-corrected chi connectivity index (χ1v) is 3.88. The zero-order chi connectivity index (χ0) is 9.97. The molecule has 6 heteroatoms. The minimum Gasteiger partial charge on any atom is -0.306 e.